The molecule has 2 N–H and O–H groups in total. The number of pyridine rings is 1. The van der Waals surface area contributed by atoms with Crippen LogP contribution in [0.5, 0.6) is 0 Å². The number of hydrazine groups is 1. The van der Waals surface area contributed by atoms with Crippen molar-refractivity contribution in [1.29, 1.82) is 0 Å². The third kappa shape index (κ3) is 4.79. The molecule has 34 heavy (non-hydrogen) atoms. The number of hydrogen-bond donors (Lipinski definition) is 2. The molecule has 174 valence electrons. The van der Waals surface area contributed by atoms with Crippen LogP contribution in [0.15, 0.2) is 55.0 Å². The van der Waals surface area contributed by atoms with Gasteiger partial charge in [-0.15, -0.1) is 0 Å². The molecule has 0 radical (unpaired) electrons. The first kappa shape index (κ1) is 22.3. The van der Waals surface area contributed by atoms with Crippen LogP contribution < -0.4 is 20.7 Å². The smallest absolute Gasteiger partial charge is 0.353 e. The highest BCUT2D eigenvalue weighted by Gasteiger charge is 2.30. The standard InChI is InChI=1S/C20H19N9O5/c30-20(14-4-6-15(7-5-14)28(31)32)25-24-18-17(29(33)34)19(23-13-22-18)27-11-9-26(10-12-27)16-3-1-2-8-21-16/h1-8,13H,9-12H2,(H,25,30)(H,22,23,24). The molecule has 1 aliphatic heterocycles. The third-order valence-corrected chi connectivity index (χ3v) is 5.17. The molecule has 1 saturated heterocycles. The zero-order chi connectivity index (χ0) is 24.1. The second-order valence-corrected chi connectivity index (χ2v) is 7.20. The molecule has 1 aliphatic rings. The Hall–Kier alpha value is -4.88. The van der Waals surface area contributed by atoms with Gasteiger partial charge < -0.3 is 9.80 Å². The molecule has 0 spiro atoms. The fourth-order valence-corrected chi connectivity index (χ4v) is 3.47. The number of nitrogens with one attached hydrogen (secondary N) is 2. The minimum Gasteiger partial charge on any atom is -0.353 e. The van der Waals surface area contributed by atoms with Crippen LogP contribution in [-0.2, 0) is 0 Å². The molecule has 0 bridgehead atoms. The van der Waals surface area contributed by atoms with E-state index in [0.29, 0.717) is 26.2 Å². The Kier molecular flexibility index (Phi) is 6.38. The highest BCUT2D eigenvalue weighted by atomic mass is 16.6. The Balaban J connectivity index is 1.46. The van der Waals surface area contributed by atoms with Gasteiger partial charge in [-0.25, -0.2) is 15.0 Å². The Morgan fingerprint density at radius 1 is 0.882 bits per heavy atom. The van der Waals surface area contributed by atoms with E-state index in [1.165, 1.54) is 30.6 Å². The first-order valence-electron chi connectivity index (χ1n) is 10.1. The third-order valence-electron chi connectivity index (χ3n) is 5.17. The molecule has 0 saturated carbocycles. The van der Waals surface area contributed by atoms with Gasteiger partial charge in [-0.2, -0.15) is 0 Å². The van der Waals surface area contributed by atoms with E-state index in [1.54, 1.807) is 11.1 Å². The minimum absolute atomic E-state index is 0.126. The van der Waals surface area contributed by atoms with E-state index in [0.717, 1.165) is 5.82 Å². The summed E-state index contributed by atoms with van der Waals surface area (Å²) >= 11 is 0. The SMILES string of the molecule is O=C(NNc1ncnc(N2CCN(c3ccccn3)CC2)c1[N+](=O)[O-])c1ccc([N+](=O)[O-])cc1. The fraction of sp³-hybridized carbons (Fsp3) is 0.200. The van der Waals surface area contributed by atoms with E-state index >= 15 is 0 Å². The Labute approximate surface area is 192 Å². The number of benzene rings is 1. The largest absolute Gasteiger partial charge is 0.355 e. The molecule has 1 amide bonds. The molecule has 1 fully saturated rings. The van der Waals surface area contributed by atoms with Crippen LogP contribution >= 0.6 is 0 Å². The first-order chi connectivity index (χ1) is 16.4. The molecule has 1 aromatic carbocycles. The molecule has 3 aromatic rings. The van der Waals surface area contributed by atoms with E-state index in [2.05, 4.69) is 30.7 Å². The highest BCUT2D eigenvalue weighted by molar-refractivity contribution is 5.95. The highest BCUT2D eigenvalue weighted by Crippen LogP contribution is 2.32. The number of hydrogen-bond acceptors (Lipinski definition) is 11. The molecule has 3 heterocycles. The number of piperazine rings is 1. The number of nitro groups is 2. The minimum atomic E-state index is -0.645. The summed E-state index contributed by atoms with van der Waals surface area (Å²) in [5, 5.41) is 22.6. The van der Waals surface area contributed by atoms with Crippen molar-refractivity contribution in [2.45, 2.75) is 0 Å². The van der Waals surface area contributed by atoms with Crippen molar-refractivity contribution < 1.29 is 14.6 Å². The number of carbonyl (C=O) groups excluding carboxylic acids is 1. The summed E-state index contributed by atoms with van der Waals surface area (Å²) in [6, 6.07) is 10.5. The van der Waals surface area contributed by atoms with Crippen LogP contribution in [0.2, 0.25) is 0 Å². The zero-order valence-corrected chi connectivity index (χ0v) is 17.7. The number of anilines is 3. The summed E-state index contributed by atoms with van der Waals surface area (Å²) in [4.78, 5) is 50.0. The summed E-state index contributed by atoms with van der Waals surface area (Å²) in [6.45, 7) is 2.14. The molecule has 4 rings (SSSR count). The van der Waals surface area contributed by atoms with E-state index < -0.39 is 15.8 Å². The normalized spacial score (nSPS) is 13.3. The Bertz CT molecular complexity index is 1200. The van der Waals surface area contributed by atoms with Crippen molar-refractivity contribution >= 4 is 34.7 Å². The number of nitro benzene ring substituents is 1. The van der Waals surface area contributed by atoms with Gasteiger partial charge >= 0.3 is 5.69 Å². The van der Waals surface area contributed by atoms with Crippen LogP contribution in [-0.4, -0.2) is 56.9 Å². The lowest BCUT2D eigenvalue weighted by Crippen LogP contribution is -2.47. The number of non-ortho nitro benzene ring substituents is 1. The predicted octanol–water partition coefficient (Wildman–Crippen LogP) is 1.77. The number of rotatable bonds is 7. The summed E-state index contributed by atoms with van der Waals surface area (Å²) < 4.78 is 0. The summed E-state index contributed by atoms with van der Waals surface area (Å²) in [5.74, 6) is 0.133. The van der Waals surface area contributed by atoms with Gasteiger partial charge in [0.15, 0.2) is 0 Å². The van der Waals surface area contributed by atoms with Gasteiger partial charge in [0.05, 0.1) is 9.85 Å². The topological polar surface area (TPSA) is 173 Å². The van der Waals surface area contributed by atoms with Gasteiger partial charge in [-0.1, -0.05) is 6.07 Å². The predicted molar refractivity (Wildman–Crippen MR) is 122 cm³/mol. The first-order valence-corrected chi connectivity index (χ1v) is 10.1. The van der Waals surface area contributed by atoms with Crippen molar-refractivity contribution in [3.63, 3.8) is 0 Å². The lowest BCUT2D eigenvalue weighted by molar-refractivity contribution is -0.384. The fourth-order valence-electron chi connectivity index (χ4n) is 3.47. The molecule has 2 aromatic heterocycles. The van der Waals surface area contributed by atoms with Gasteiger partial charge in [0.25, 0.3) is 11.6 Å². The molecule has 0 unspecified atom stereocenters. The summed E-state index contributed by atoms with van der Waals surface area (Å²) in [5.41, 5.74) is 4.39. The summed E-state index contributed by atoms with van der Waals surface area (Å²) in [6.07, 6.45) is 2.88. The van der Waals surface area contributed by atoms with E-state index in [-0.39, 0.29) is 28.6 Å². The van der Waals surface area contributed by atoms with Crippen LogP contribution in [0, 0.1) is 20.2 Å². The maximum Gasteiger partial charge on any atom is 0.355 e. The van der Waals surface area contributed by atoms with Crippen LogP contribution in [0.3, 0.4) is 0 Å². The molecule has 0 aliphatic carbocycles. The molecule has 14 nitrogen and oxygen atoms in total. The maximum absolute atomic E-state index is 12.4. The maximum atomic E-state index is 12.4. The lowest BCUT2D eigenvalue weighted by atomic mass is 10.2. The van der Waals surface area contributed by atoms with Gasteiger partial charge in [-0.05, 0) is 24.3 Å². The van der Waals surface area contributed by atoms with Gasteiger partial charge in [-0.3, -0.25) is 35.9 Å². The average molecular weight is 465 g/mol. The molecule has 0 atom stereocenters. The number of aromatic nitrogens is 3. The van der Waals surface area contributed by atoms with Gasteiger partial charge in [0.2, 0.25) is 11.6 Å². The number of nitrogens with zero attached hydrogens (tertiary/aromatic N) is 7. The van der Waals surface area contributed by atoms with Crippen LogP contribution in [0.1, 0.15) is 10.4 Å². The van der Waals surface area contributed by atoms with Crippen molar-refractivity contribution in [2.75, 3.05) is 41.4 Å². The van der Waals surface area contributed by atoms with Crippen LogP contribution in [0.25, 0.3) is 0 Å². The second kappa shape index (κ2) is 9.72. The van der Waals surface area contributed by atoms with E-state index in [4.69, 9.17) is 0 Å². The van der Waals surface area contributed by atoms with E-state index in [1.807, 2.05) is 18.2 Å². The number of amides is 1. The number of carbonyl (C=O) groups is 1. The lowest BCUT2D eigenvalue weighted by Gasteiger charge is -2.35. The summed E-state index contributed by atoms with van der Waals surface area (Å²) in [7, 11) is 0. The second-order valence-electron chi connectivity index (χ2n) is 7.20. The Morgan fingerprint density at radius 3 is 2.21 bits per heavy atom. The van der Waals surface area contributed by atoms with Crippen molar-refractivity contribution in [3.05, 3.63) is 80.8 Å². The van der Waals surface area contributed by atoms with Gasteiger partial charge in [0.1, 0.15) is 12.1 Å². The average Bonchev–Trinajstić information content (AvgIpc) is 2.87. The van der Waals surface area contributed by atoms with Crippen LogP contribution in [0.4, 0.5) is 28.8 Å². The molecular weight excluding hydrogens is 446 g/mol. The van der Waals surface area contributed by atoms with Gasteiger partial charge in [0, 0.05) is 50.1 Å². The molecule has 14 heteroatoms. The van der Waals surface area contributed by atoms with E-state index in [9.17, 15) is 25.0 Å². The molecular formula is C20H19N9O5. The van der Waals surface area contributed by atoms with Crippen molar-refractivity contribution in [3.8, 4) is 0 Å². The van der Waals surface area contributed by atoms with Crippen molar-refractivity contribution in [1.82, 2.24) is 20.4 Å². The quantitative estimate of drug-likeness (QED) is 0.384. The van der Waals surface area contributed by atoms with Crippen molar-refractivity contribution in [2.24, 2.45) is 0 Å². The zero-order valence-electron chi connectivity index (χ0n) is 17.7. The Morgan fingerprint density at radius 2 is 1.59 bits per heavy atom. The monoisotopic (exact) mass is 465 g/mol.